The summed E-state index contributed by atoms with van der Waals surface area (Å²) in [5.74, 6) is -0.214. The minimum Gasteiger partial charge on any atom is -0.508 e. The molecule has 0 unspecified atom stereocenters. The molecule has 0 bridgehead atoms. The Morgan fingerprint density at radius 3 is 1.69 bits per heavy atom. The van der Waals surface area contributed by atoms with Crippen molar-refractivity contribution in [3.63, 3.8) is 0 Å². The van der Waals surface area contributed by atoms with Gasteiger partial charge in [-0.15, -0.1) is 0 Å². The zero-order valence-electron chi connectivity index (χ0n) is 38.8. The average Bonchev–Trinajstić information content (AvgIpc) is 3.73. The number of phenols is 1. The molecule has 0 aliphatic rings. The number of aromatic nitrogens is 1. The van der Waals surface area contributed by atoms with Crippen LogP contribution in [0.15, 0.2) is 204 Å². The van der Waals surface area contributed by atoms with Gasteiger partial charge in [-0.2, -0.15) is 0 Å². The number of aromatic hydroxyl groups is 1. The van der Waals surface area contributed by atoms with Crippen molar-refractivity contribution in [2.75, 3.05) is 10.6 Å². The van der Waals surface area contributed by atoms with E-state index < -0.39 is 0 Å². The number of phenolic OH excluding ortho intramolecular Hbond substituents is 1. The first-order chi connectivity index (χ1) is 34.1. The van der Waals surface area contributed by atoms with Crippen LogP contribution >= 0.6 is 0 Å². The van der Waals surface area contributed by atoms with E-state index in [2.05, 4.69) is 142 Å². The molecule has 0 aliphatic heterocycles. The number of para-hydroxylation sites is 2. The molecule has 8 heteroatoms. The number of rotatable bonds is 11. The number of nitrogens with one attached hydrogen (secondary N) is 2. The average molecular weight is 912 g/mol. The summed E-state index contributed by atoms with van der Waals surface area (Å²) in [6.45, 7) is 10.8. The third-order valence-corrected chi connectivity index (χ3v) is 12.2. The number of fused-ring (bicyclic) bond motifs is 4. The Balaban J connectivity index is 0.000000179. The van der Waals surface area contributed by atoms with E-state index in [9.17, 15) is 14.7 Å². The minimum absolute atomic E-state index is 0.208. The van der Waals surface area contributed by atoms with Gasteiger partial charge in [-0.1, -0.05) is 115 Å². The van der Waals surface area contributed by atoms with Crippen LogP contribution in [0, 0.1) is 13.8 Å². The van der Waals surface area contributed by atoms with Gasteiger partial charge >= 0.3 is 0 Å². The van der Waals surface area contributed by atoms with Crippen LogP contribution in [-0.2, 0) is 0 Å². The Labute approximate surface area is 407 Å². The van der Waals surface area contributed by atoms with E-state index in [0.717, 1.165) is 66.9 Å². The molecule has 1 aromatic heterocycles. The maximum Gasteiger partial charge on any atom is 0.255 e. The monoisotopic (exact) mass is 911 g/mol. The van der Waals surface area contributed by atoms with Crippen LogP contribution in [0.4, 0.5) is 22.7 Å². The largest absolute Gasteiger partial charge is 0.508 e. The first kappa shape index (κ1) is 45.7. The van der Waals surface area contributed by atoms with Gasteiger partial charge in [-0.25, -0.2) is 0 Å². The Hall–Kier alpha value is -9.40. The lowest BCUT2D eigenvalue weighted by atomic mass is 10.0. The van der Waals surface area contributed by atoms with Gasteiger partial charge in [0.05, 0.1) is 22.4 Å². The Bertz CT molecular complexity index is 3630. The third-order valence-electron chi connectivity index (χ3n) is 12.2. The van der Waals surface area contributed by atoms with Crippen LogP contribution in [0.25, 0.3) is 62.6 Å². The topological polar surface area (TPSA) is 108 Å². The summed E-state index contributed by atoms with van der Waals surface area (Å²) >= 11 is 0. The number of nitrogens with zero attached hydrogens (tertiary/aromatic N) is 3. The number of carbonyl (C=O) groups is 2. The van der Waals surface area contributed by atoms with Gasteiger partial charge in [0.25, 0.3) is 11.8 Å². The van der Waals surface area contributed by atoms with Gasteiger partial charge in [-0.05, 0) is 175 Å². The van der Waals surface area contributed by atoms with Crippen LogP contribution in [0.5, 0.6) is 5.75 Å². The Morgan fingerprint density at radius 1 is 0.500 bits per heavy atom. The quantitative estimate of drug-likeness (QED) is 0.0888. The van der Waals surface area contributed by atoms with Crippen molar-refractivity contribution in [1.82, 2.24) is 4.57 Å². The van der Waals surface area contributed by atoms with Crippen molar-refractivity contribution >= 4 is 105 Å². The van der Waals surface area contributed by atoms with Gasteiger partial charge in [0, 0.05) is 39.0 Å². The Kier molecular flexibility index (Phi) is 13.5. The van der Waals surface area contributed by atoms with E-state index in [4.69, 9.17) is 0 Å². The molecule has 10 aromatic rings. The molecular weight excluding hydrogens is 863 g/mol. The molecule has 9 aromatic carbocycles. The predicted octanol–water partition coefficient (Wildman–Crippen LogP) is 15.5. The van der Waals surface area contributed by atoms with E-state index in [0.29, 0.717) is 16.8 Å². The van der Waals surface area contributed by atoms with Gasteiger partial charge in [0.1, 0.15) is 5.75 Å². The van der Waals surface area contributed by atoms with Gasteiger partial charge in [-0.3, -0.25) is 19.6 Å². The molecule has 340 valence electrons. The molecule has 1 heterocycles. The summed E-state index contributed by atoms with van der Waals surface area (Å²) in [6, 6.07) is 63.3. The molecule has 0 atom stereocenters. The zero-order valence-corrected chi connectivity index (χ0v) is 38.8. The summed E-state index contributed by atoms with van der Waals surface area (Å²) in [7, 11) is 0. The Morgan fingerprint density at radius 2 is 1.04 bits per heavy atom. The van der Waals surface area contributed by atoms with E-state index in [-0.39, 0.29) is 17.6 Å². The molecule has 3 N–H and O–H groups in total. The molecule has 8 nitrogen and oxygen atoms in total. The second-order valence-electron chi connectivity index (χ2n) is 16.8. The van der Waals surface area contributed by atoms with Crippen LogP contribution in [0.2, 0.25) is 0 Å². The number of aliphatic imine (C=N–C) groups is 2. The lowest BCUT2D eigenvalue weighted by Crippen LogP contribution is -2.15. The highest BCUT2D eigenvalue weighted by Gasteiger charge is 2.14. The molecule has 0 spiro atoms. The van der Waals surface area contributed by atoms with Crippen molar-refractivity contribution in [2.45, 2.75) is 13.8 Å². The first-order valence-corrected chi connectivity index (χ1v) is 22.8. The summed E-state index contributed by atoms with van der Waals surface area (Å²) in [5.41, 5.74) is 13.8. The minimum atomic E-state index is -0.239. The number of carbonyl (C=O) groups excluding carboxylic acids is 2. The first-order valence-electron chi connectivity index (χ1n) is 22.8. The number of aryl methyl sites for hydroxylation is 2. The van der Waals surface area contributed by atoms with Crippen molar-refractivity contribution < 1.29 is 14.7 Å². The second-order valence-corrected chi connectivity index (χ2v) is 16.8. The van der Waals surface area contributed by atoms with Crippen molar-refractivity contribution in [3.05, 3.63) is 239 Å². The lowest BCUT2D eigenvalue weighted by Gasteiger charge is -2.12. The van der Waals surface area contributed by atoms with Gasteiger partial charge < -0.3 is 20.3 Å². The zero-order chi connectivity index (χ0) is 48.6. The standard InChI is InChI=1S/C36H27N3.C26H22N2O3/c1-37-30-18-11-26(12-19-30)7-8-28-15-22-32(23-16-28)39-35-6-4-3-5-33(35)34-25-29(17-24-36(34)39)10-9-27-13-20-31(38-2)21-14-27;1-16-14-19(25(30)27-21-6-4-3-5-7-21)9-12-23(16)28-26(31)20-8-11-22-17(2)24(29)13-10-18(22)15-20/h3-25H,1-2H2;3-15,29H,1-2H3,(H,27,30)(H,28,31). The van der Waals surface area contributed by atoms with Crippen molar-refractivity contribution in [1.29, 1.82) is 0 Å². The summed E-state index contributed by atoms with van der Waals surface area (Å²) in [4.78, 5) is 33.2. The van der Waals surface area contributed by atoms with E-state index in [1.165, 1.54) is 21.8 Å². The van der Waals surface area contributed by atoms with Gasteiger partial charge in [0.2, 0.25) is 0 Å². The molecule has 0 saturated heterocycles. The second kappa shape index (κ2) is 20.6. The highest BCUT2D eigenvalue weighted by Crippen LogP contribution is 2.34. The number of anilines is 2. The summed E-state index contributed by atoms with van der Waals surface area (Å²) in [6.07, 6.45) is 8.53. The fourth-order valence-electron chi connectivity index (χ4n) is 8.35. The van der Waals surface area contributed by atoms with Crippen molar-refractivity contribution in [3.8, 4) is 11.4 Å². The van der Waals surface area contributed by atoms with Crippen molar-refractivity contribution in [2.24, 2.45) is 9.98 Å². The number of amides is 2. The fraction of sp³-hybridized carbons (Fsp3) is 0.0323. The smallest absolute Gasteiger partial charge is 0.255 e. The predicted molar refractivity (Wildman–Crippen MR) is 294 cm³/mol. The molecule has 10 rings (SSSR count). The van der Waals surface area contributed by atoms with Crippen LogP contribution < -0.4 is 10.6 Å². The highest BCUT2D eigenvalue weighted by atomic mass is 16.3. The van der Waals surface area contributed by atoms with Crippen LogP contribution in [0.3, 0.4) is 0 Å². The molecule has 0 fully saturated rings. The van der Waals surface area contributed by atoms with E-state index >= 15 is 0 Å². The fourth-order valence-corrected chi connectivity index (χ4v) is 8.35. The molecule has 70 heavy (non-hydrogen) atoms. The van der Waals surface area contributed by atoms with E-state index in [1.54, 1.807) is 42.5 Å². The molecule has 0 radical (unpaired) electrons. The van der Waals surface area contributed by atoms with Crippen LogP contribution in [-0.4, -0.2) is 34.9 Å². The third kappa shape index (κ3) is 10.3. The molecule has 0 aliphatic carbocycles. The van der Waals surface area contributed by atoms with Gasteiger partial charge in [0.15, 0.2) is 0 Å². The number of hydrogen-bond acceptors (Lipinski definition) is 5. The number of hydrogen-bond donors (Lipinski definition) is 3. The normalized spacial score (nSPS) is 11.2. The summed E-state index contributed by atoms with van der Waals surface area (Å²) < 4.78 is 2.34. The highest BCUT2D eigenvalue weighted by molar-refractivity contribution is 6.10. The molecule has 2 amide bonds. The lowest BCUT2D eigenvalue weighted by molar-refractivity contribution is 0.102. The van der Waals surface area contributed by atoms with Crippen LogP contribution in [0.1, 0.15) is 54.1 Å². The molecular formula is C62H49N5O3. The SMILES string of the molecule is C=Nc1ccc(C=Cc2ccc(-n3c4ccccc4c4cc(C=Cc5ccc(N=C)cc5)ccc43)cc2)cc1.Cc1cc(C(=O)Nc2ccccc2)ccc1NC(=O)c1ccc2c(C)c(O)ccc2c1. The molecule has 0 saturated carbocycles. The maximum absolute atomic E-state index is 12.8. The summed E-state index contributed by atoms with van der Waals surface area (Å²) in [5, 5.41) is 19.9. The number of benzene rings is 9. The maximum atomic E-state index is 12.8. The van der Waals surface area contributed by atoms with E-state index in [1.807, 2.05) is 86.6 Å².